The van der Waals surface area contributed by atoms with Crippen LogP contribution in [-0.2, 0) is 16.0 Å². The summed E-state index contributed by atoms with van der Waals surface area (Å²) in [7, 11) is 0. The topological polar surface area (TPSA) is 61.8 Å². The van der Waals surface area contributed by atoms with Gasteiger partial charge in [0.1, 0.15) is 0 Å². The van der Waals surface area contributed by atoms with Gasteiger partial charge >= 0.3 is 0 Å². The van der Waals surface area contributed by atoms with Crippen molar-refractivity contribution in [2.75, 3.05) is 39.4 Å². The lowest BCUT2D eigenvalue weighted by atomic mass is 10.1. The molecule has 1 amide bonds. The maximum absolute atomic E-state index is 11.9. The van der Waals surface area contributed by atoms with Crippen LogP contribution in [0, 0.1) is 0 Å². The highest BCUT2D eigenvalue weighted by Crippen LogP contribution is 2.21. The number of ether oxygens (including phenoxy) is 1. The van der Waals surface area contributed by atoms with Crippen LogP contribution >= 0.6 is 23.2 Å². The van der Waals surface area contributed by atoms with Crippen molar-refractivity contribution in [3.63, 3.8) is 0 Å². The molecule has 1 atom stereocenters. The number of nitrogens with zero attached hydrogens (tertiary/aromatic N) is 1. The first-order valence-electron chi connectivity index (χ1n) is 7.23. The van der Waals surface area contributed by atoms with Crippen LogP contribution in [0.15, 0.2) is 18.2 Å². The molecule has 0 aromatic heterocycles. The number of hydrogen-bond acceptors (Lipinski definition) is 4. The van der Waals surface area contributed by atoms with Crippen LogP contribution in [0.2, 0.25) is 10.0 Å². The van der Waals surface area contributed by atoms with Gasteiger partial charge in [0.2, 0.25) is 5.91 Å². The molecule has 0 bridgehead atoms. The van der Waals surface area contributed by atoms with E-state index in [2.05, 4.69) is 10.2 Å². The Bertz CT molecular complexity index is 508. The van der Waals surface area contributed by atoms with Gasteiger partial charge in [0.25, 0.3) is 0 Å². The van der Waals surface area contributed by atoms with Gasteiger partial charge in [-0.25, -0.2) is 0 Å². The van der Waals surface area contributed by atoms with E-state index in [1.807, 2.05) is 0 Å². The van der Waals surface area contributed by atoms with Crippen LogP contribution in [0.25, 0.3) is 0 Å². The van der Waals surface area contributed by atoms with E-state index in [1.165, 1.54) is 0 Å². The Balaban J connectivity index is 1.72. The number of aliphatic hydroxyl groups excluding tert-OH is 1. The van der Waals surface area contributed by atoms with Crippen molar-refractivity contribution < 1.29 is 14.6 Å². The van der Waals surface area contributed by atoms with Crippen molar-refractivity contribution in [2.45, 2.75) is 12.5 Å². The van der Waals surface area contributed by atoms with Gasteiger partial charge in [-0.2, -0.15) is 0 Å². The molecule has 1 aliphatic rings. The average molecular weight is 347 g/mol. The standard InChI is InChI=1S/C15H20Cl2N2O3/c16-12-2-1-11(14(17)8-12)7-15(21)18-9-13(20)10-19-3-5-22-6-4-19/h1-2,8,13,20H,3-7,9-10H2,(H,18,21). The maximum atomic E-state index is 11.9. The predicted molar refractivity (Wildman–Crippen MR) is 86.4 cm³/mol. The smallest absolute Gasteiger partial charge is 0.224 e. The van der Waals surface area contributed by atoms with Crippen molar-refractivity contribution in [3.8, 4) is 0 Å². The van der Waals surface area contributed by atoms with E-state index in [-0.39, 0.29) is 18.9 Å². The van der Waals surface area contributed by atoms with E-state index in [4.69, 9.17) is 27.9 Å². The van der Waals surface area contributed by atoms with Gasteiger partial charge in [-0.1, -0.05) is 29.3 Å². The fourth-order valence-electron chi connectivity index (χ4n) is 2.28. The van der Waals surface area contributed by atoms with Gasteiger partial charge in [0.15, 0.2) is 0 Å². The normalized spacial score (nSPS) is 17.2. The molecule has 22 heavy (non-hydrogen) atoms. The minimum absolute atomic E-state index is 0.167. The summed E-state index contributed by atoms with van der Waals surface area (Å²) in [5.74, 6) is -0.176. The molecular weight excluding hydrogens is 327 g/mol. The Hall–Kier alpha value is -0.850. The molecule has 1 unspecified atom stereocenters. The summed E-state index contributed by atoms with van der Waals surface area (Å²) >= 11 is 11.9. The van der Waals surface area contributed by atoms with Crippen molar-refractivity contribution >= 4 is 29.1 Å². The van der Waals surface area contributed by atoms with E-state index in [1.54, 1.807) is 18.2 Å². The van der Waals surface area contributed by atoms with E-state index in [9.17, 15) is 9.90 Å². The monoisotopic (exact) mass is 346 g/mol. The van der Waals surface area contributed by atoms with Crippen molar-refractivity contribution in [2.24, 2.45) is 0 Å². The lowest BCUT2D eigenvalue weighted by Crippen LogP contribution is -2.44. The van der Waals surface area contributed by atoms with Crippen molar-refractivity contribution in [1.82, 2.24) is 10.2 Å². The third kappa shape index (κ3) is 5.74. The van der Waals surface area contributed by atoms with Crippen LogP contribution in [0.5, 0.6) is 0 Å². The number of carbonyl (C=O) groups excluding carboxylic acids is 1. The summed E-state index contributed by atoms with van der Waals surface area (Å²) in [5, 5.41) is 13.7. The minimum atomic E-state index is -0.595. The largest absolute Gasteiger partial charge is 0.390 e. The number of amides is 1. The number of β-amino-alcohol motifs (C(OH)–C–C–N with tert-alkyl or cyclic N) is 1. The minimum Gasteiger partial charge on any atom is -0.390 e. The molecule has 1 saturated heterocycles. The third-order valence-electron chi connectivity index (χ3n) is 3.47. The predicted octanol–water partition coefficient (Wildman–Crippen LogP) is 1.35. The molecular formula is C15H20Cl2N2O3. The van der Waals surface area contributed by atoms with Gasteiger partial charge in [-0.15, -0.1) is 0 Å². The number of nitrogens with one attached hydrogen (secondary N) is 1. The highest BCUT2D eigenvalue weighted by molar-refractivity contribution is 6.35. The zero-order chi connectivity index (χ0) is 15.9. The number of carbonyl (C=O) groups is 1. The molecule has 0 spiro atoms. The number of halogens is 2. The van der Waals surface area contributed by atoms with E-state index >= 15 is 0 Å². The molecule has 1 fully saturated rings. The van der Waals surface area contributed by atoms with Gasteiger partial charge < -0.3 is 15.2 Å². The Morgan fingerprint density at radius 2 is 2.09 bits per heavy atom. The summed E-state index contributed by atoms with van der Waals surface area (Å²) < 4.78 is 5.25. The first-order valence-corrected chi connectivity index (χ1v) is 7.99. The second-order valence-corrected chi connectivity index (χ2v) is 6.13. The highest BCUT2D eigenvalue weighted by atomic mass is 35.5. The first kappa shape index (κ1) is 17.5. The molecule has 1 aromatic rings. The number of hydrogen-bond donors (Lipinski definition) is 2. The third-order valence-corrected chi connectivity index (χ3v) is 4.06. The Morgan fingerprint density at radius 1 is 1.36 bits per heavy atom. The summed E-state index contributed by atoms with van der Waals surface area (Å²) in [6.07, 6.45) is -0.428. The molecule has 1 aromatic carbocycles. The molecule has 0 aliphatic carbocycles. The fraction of sp³-hybridized carbons (Fsp3) is 0.533. The number of rotatable bonds is 6. The Morgan fingerprint density at radius 3 is 2.77 bits per heavy atom. The molecule has 5 nitrogen and oxygen atoms in total. The molecule has 7 heteroatoms. The maximum Gasteiger partial charge on any atom is 0.224 e. The Labute approximate surface area is 140 Å². The Kier molecular flexibility index (Phi) is 6.92. The SMILES string of the molecule is O=C(Cc1ccc(Cl)cc1Cl)NCC(O)CN1CCOCC1. The van der Waals surface area contributed by atoms with Gasteiger partial charge in [-0.05, 0) is 17.7 Å². The molecule has 1 heterocycles. The lowest BCUT2D eigenvalue weighted by Gasteiger charge is -2.28. The number of benzene rings is 1. The van der Waals surface area contributed by atoms with Crippen LogP contribution in [-0.4, -0.2) is 61.4 Å². The molecule has 1 aliphatic heterocycles. The van der Waals surface area contributed by atoms with E-state index in [0.717, 1.165) is 13.1 Å². The summed E-state index contributed by atoms with van der Waals surface area (Å²) in [4.78, 5) is 14.0. The first-order chi connectivity index (χ1) is 10.5. The van der Waals surface area contributed by atoms with Gasteiger partial charge in [-0.3, -0.25) is 9.69 Å². The summed E-state index contributed by atoms with van der Waals surface area (Å²) in [6, 6.07) is 5.04. The molecule has 2 N–H and O–H groups in total. The van der Waals surface area contributed by atoms with Crippen LogP contribution in [0.4, 0.5) is 0 Å². The fourth-order valence-corrected chi connectivity index (χ4v) is 2.75. The second-order valence-electron chi connectivity index (χ2n) is 5.28. The quantitative estimate of drug-likeness (QED) is 0.816. The number of aliphatic hydroxyl groups is 1. The lowest BCUT2D eigenvalue weighted by molar-refractivity contribution is -0.121. The van der Waals surface area contributed by atoms with Gasteiger partial charge in [0.05, 0.1) is 25.7 Å². The van der Waals surface area contributed by atoms with E-state index < -0.39 is 6.10 Å². The molecule has 0 saturated carbocycles. The molecule has 2 rings (SSSR count). The van der Waals surface area contributed by atoms with Gasteiger partial charge in [0, 0.05) is 36.2 Å². The zero-order valence-electron chi connectivity index (χ0n) is 12.2. The molecule has 0 radical (unpaired) electrons. The van der Waals surface area contributed by atoms with Crippen LogP contribution in [0.1, 0.15) is 5.56 Å². The summed E-state index contributed by atoms with van der Waals surface area (Å²) in [6.45, 7) is 3.76. The van der Waals surface area contributed by atoms with E-state index in [0.29, 0.717) is 35.4 Å². The molecule has 122 valence electrons. The highest BCUT2D eigenvalue weighted by Gasteiger charge is 2.15. The van der Waals surface area contributed by atoms with Crippen LogP contribution < -0.4 is 5.32 Å². The zero-order valence-corrected chi connectivity index (χ0v) is 13.7. The van der Waals surface area contributed by atoms with Crippen LogP contribution in [0.3, 0.4) is 0 Å². The van der Waals surface area contributed by atoms with Crippen molar-refractivity contribution in [1.29, 1.82) is 0 Å². The summed E-state index contributed by atoms with van der Waals surface area (Å²) in [5.41, 5.74) is 0.714. The second kappa shape index (κ2) is 8.70. The van der Waals surface area contributed by atoms with Crippen molar-refractivity contribution in [3.05, 3.63) is 33.8 Å². The number of morpholine rings is 1. The average Bonchev–Trinajstić information content (AvgIpc) is 2.49.